The molecular formula is C9H10N4O. The van der Waals surface area contributed by atoms with Crippen LogP contribution in [0.1, 0.15) is 5.69 Å². The summed E-state index contributed by atoms with van der Waals surface area (Å²) in [5.74, 6) is 0.465. The highest BCUT2D eigenvalue weighted by atomic mass is 16.3. The third-order valence-electron chi connectivity index (χ3n) is 1.84. The molecule has 0 unspecified atom stereocenters. The lowest BCUT2D eigenvalue weighted by atomic mass is 10.3. The molecule has 0 aromatic carbocycles. The Kier molecular flexibility index (Phi) is 2.16. The number of nitrogens with two attached hydrogens (primary N) is 1. The molecule has 2 rings (SSSR count). The molecule has 0 atom stereocenters. The van der Waals surface area contributed by atoms with Crippen LogP contribution in [-0.2, 0) is 6.61 Å². The van der Waals surface area contributed by atoms with Crippen molar-refractivity contribution in [3.63, 3.8) is 0 Å². The van der Waals surface area contributed by atoms with Crippen molar-refractivity contribution >= 4 is 5.82 Å². The zero-order valence-electron chi connectivity index (χ0n) is 7.46. The van der Waals surface area contributed by atoms with Crippen LogP contribution in [0.3, 0.4) is 0 Å². The van der Waals surface area contributed by atoms with Crippen molar-refractivity contribution in [3.8, 4) is 5.69 Å². The van der Waals surface area contributed by atoms with Crippen LogP contribution in [0.4, 0.5) is 5.82 Å². The average molecular weight is 190 g/mol. The van der Waals surface area contributed by atoms with Gasteiger partial charge in [0, 0.05) is 18.5 Å². The van der Waals surface area contributed by atoms with E-state index in [4.69, 9.17) is 10.8 Å². The second-order valence-electron chi connectivity index (χ2n) is 2.85. The van der Waals surface area contributed by atoms with Gasteiger partial charge >= 0.3 is 0 Å². The number of aromatic nitrogens is 3. The predicted molar refractivity (Wildman–Crippen MR) is 51.7 cm³/mol. The van der Waals surface area contributed by atoms with Crippen molar-refractivity contribution in [1.29, 1.82) is 0 Å². The number of aliphatic hydroxyl groups is 1. The second-order valence-corrected chi connectivity index (χ2v) is 2.85. The van der Waals surface area contributed by atoms with Crippen LogP contribution >= 0.6 is 0 Å². The van der Waals surface area contributed by atoms with E-state index in [0.717, 1.165) is 5.69 Å². The molecule has 0 aliphatic rings. The Morgan fingerprint density at radius 3 is 2.93 bits per heavy atom. The number of aliphatic hydroxyl groups excluding tert-OH is 1. The number of pyridine rings is 1. The first-order valence-electron chi connectivity index (χ1n) is 4.17. The van der Waals surface area contributed by atoms with Crippen molar-refractivity contribution in [2.24, 2.45) is 0 Å². The van der Waals surface area contributed by atoms with Gasteiger partial charge in [-0.3, -0.25) is 4.98 Å². The van der Waals surface area contributed by atoms with Gasteiger partial charge in [0.2, 0.25) is 0 Å². The highest BCUT2D eigenvalue weighted by molar-refractivity contribution is 5.34. The van der Waals surface area contributed by atoms with Gasteiger partial charge in [0.05, 0.1) is 18.0 Å². The number of nitrogen functional groups attached to an aromatic ring is 1. The fraction of sp³-hybridized carbons (Fsp3) is 0.111. The van der Waals surface area contributed by atoms with Gasteiger partial charge in [-0.05, 0) is 12.1 Å². The summed E-state index contributed by atoms with van der Waals surface area (Å²) in [5.41, 5.74) is 6.93. The molecular weight excluding hydrogens is 180 g/mol. The van der Waals surface area contributed by atoms with E-state index in [9.17, 15) is 0 Å². The van der Waals surface area contributed by atoms with Gasteiger partial charge in [0.15, 0.2) is 0 Å². The van der Waals surface area contributed by atoms with E-state index >= 15 is 0 Å². The zero-order valence-corrected chi connectivity index (χ0v) is 7.46. The van der Waals surface area contributed by atoms with Crippen LogP contribution in [0.25, 0.3) is 5.69 Å². The van der Waals surface area contributed by atoms with Crippen molar-refractivity contribution in [2.75, 3.05) is 5.73 Å². The number of nitrogens with zero attached hydrogens (tertiary/aromatic N) is 3. The largest absolute Gasteiger partial charge is 0.390 e. The first-order valence-corrected chi connectivity index (χ1v) is 4.17. The fourth-order valence-corrected chi connectivity index (χ4v) is 1.18. The first kappa shape index (κ1) is 8.71. The Morgan fingerprint density at radius 1 is 1.43 bits per heavy atom. The third-order valence-corrected chi connectivity index (χ3v) is 1.84. The third kappa shape index (κ3) is 1.57. The van der Waals surface area contributed by atoms with Crippen molar-refractivity contribution < 1.29 is 5.11 Å². The molecule has 2 aromatic heterocycles. The van der Waals surface area contributed by atoms with Crippen LogP contribution in [0, 0.1) is 0 Å². The lowest BCUT2D eigenvalue weighted by molar-refractivity contribution is 0.277. The topological polar surface area (TPSA) is 77.0 Å². The van der Waals surface area contributed by atoms with Crippen LogP contribution in [0.2, 0.25) is 0 Å². The van der Waals surface area contributed by atoms with Crippen molar-refractivity contribution in [2.45, 2.75) is 6.61 Å². The zero-order chi connectivity index (χ0) is 9.97. The van der Waals surface area contributed by atoms with Gasteiger partial charge in [-0.1, -0.05) is 0 Å². The van der Waals surface area contributed by atoms with Gasteiger partial charge in [-0.2, -0.15) is 5.10 Å². The Labute approximate surface area is 80.8 Å². The molecule has 2 aromatic rings. The lowest BCUT2D eigenvalue weighted by Crippen LogP contribution is -1.98. The fourth-order valence-electron chi connectivity index (χ4n) is 1.18. The molecule has 0 amide bonds. The smallest absolute Gasteiger partial charge is 0.145 e. The van der Waals surface area contributed by atoms with E-state index in [1.807, 2.05) is 0 Å². The Bertz CT molecular complexity index is 438. The Balaban J connectivity index is 2.41. The number of rotatable bonds is 2. The van der Waals surface area contributed by atoms with Gasteiger partial charge in [-0.25, -0.2) is 4.68 Å². The van der Waals surface area contributed by atoms with Gasteiger partial charge in [-0.15, -0.1) is 0 Å². The lowest BCUT2D eigenvalue weighted by Gasteiger charge is -2.01. The molecule has 0 spiro atoms. The molecule has 3 N–H and O–H groups in total. The Morgan fingerprint density at radius 2 is 2.29 bits per heavy atom. The summed E-state index contributed by atoms with van der Waals surface area (Å²) in [6, 6.07) is 5.26. The van der Waals surface area contributed by atoms with Crippen LogP contribution in [0.5, 0.6) is 0 Å². The Hall–Kier alpha value is -1.88. The van der Waals surface area contributed by atoms with E-state index in [0.29, 0.717) is 11.5 Å². The summed E-state index contributed by atoms with van der Waals surface area (Å²) in [6.07, 6.45) is 3.38. The van der Waals surface area contributed by atoms with Gasteiger partial charge in [0.1, 0.15) is 5.82 Å². The molecule has 72 valence electrons. The highest BCUT2D eigenvalue weighted by Gasteiger charge is 1.99. The van der Waals surface area contributed by atoms with Crippen molar-refractivity contribution in [1.82, 2.24) is 14.8 Å². The summed E-state index contributed by atoms with van der Waals surface area (Å²) in [4.78, 5) is 3.97. The van der Waals surface area contributed by atoms with E-state index in [2.05, 4.69) is 10.1 Å². The van der Waals surface area contributed by atoms with Crippen LogP contribution in [-0.4, -0.2) is 19.9 Å². The quantitative estimate of drug-likeness (QED) is 0.716. The minimum Gasteiger partial charge on any atom is -0.390 e. The number of anilines is 1. The minimum atomic E-state index is -0.0788. The molecule has 5 heteroatoms. The van der Waals surface area contributed by atoms with E-state index in [-0.39, 0.29) is 6.61 Å². The van der Waals surface area contributed by atoms with Crippen LogP contribution < -0.4 is 5.73 Å². The number of hydrogen-bond donors (Lipinski definition) is 2. The highest BCUT2D eigenvalue weighted by Crippen LogP contribution is 2.08. The standard InChI is InChI=1S/C9H10N4O/c10-9-2-4-13(12-9)8-1-3-11-7(5-8)6-14/h1-5,14H,6H2,(H2,10,12). The normalized spacial score (nSPS) is 10.4. The average Bonchev–Trinajstić information content (AvgIpc) is 2.65. The minimum absolute atomic E-state index is 0.0788. The van der Waals surface area contributed by atoms with Gasteiger partial charge < -0.3 is 10.8 Å². The predicted octanol–water partition coefficient (Wildman–Crippen LogP) is 0.342. The molecule has 0 radical (unpaired) electrons. The molecule has 2 heterocycles. The molecule has 0 aliphatic heterocycles. The number of hydrogen-bond acceptors (Lipinski definition) is 4. The second kappa shape index (κ2) is 3.47. The van der Waals surface area contributed by atoms with Crippen molar-refractivity contribution in [3.05, 3.63) is 36.3 Å². The summed E-state index contributed by atoms with van der Waals surface area (Å²) in [5, 5.41) is 12.9. The molecule has 0 saturated heterocycles. The van der Waals surface area contributed by atoms with E-state index < -0.39 is 0 Å². The van der Waals surface area contributed by atoms with E-state index in [1.165, 1.54) is 0 Å². The maximum atomic E-state index is 8.90. The molecule has 0 saturated carbocycles. The molecule has 0 bridgehead atoms. The summed E-state index contributed by atoms with van der Waals surface area (Å²) in [6.45, 7) is -0.0788. The molecule has 0 aliphatic carbocycles. The molecule has 5 nitrogen and oxygen atoms in total. The van der Waals surface area contributed by atoms with Crippen LogP contribution in [0.15, 0.2) is 30.6 Å². The molecule has 0 fully saturated rings. The maximum Gasteiger partial charge on any atom is 0.145 e. The summed E-state index contributed by atoms with van der Waals surface area (Å²) < 4.78 is 1.64. The molecule has 14 heavy (non-hydrogen) atoms. The SMILES string of the molecule is Nc1ccn(-c2ccnc(CO)c2)n1. The summed E-state index contributed by atoms with van der Waals surface area (Å²) in [7, 11) is 0. The van der Waals surface area contributed by atoms with Gasteiger partial charge in [0.25, 0.3) is 0 Å². The maximum absolute atomic E-state index is 8.90. The first-order chi connectivity index (χ1) is 6.79. The van der Waals surface area contributed by atoms with E-state index in [1.54, 1.807) is 35.3 Å². The summed E-state index contributed by atoms with van der Waals surface area (Å²) >= 11 is 0. The monoisotopic (exact) mass is 190 g/mol.